The van der Waals surface area contributed by atoms with Crippen LogP contribution in [0.1, 0.15) is 0 Å². The molecule has 0 unspecified atom stereocenters. The zero-order chi connectivity index (χ0) is 80.7. The molecule has 0 saturated heterocycles. The number of benzene rings is 22. The molecule has 0 aliphatic heterocycles. The normalized spacial score (nSPS) is 12.4. The number of rotatable bonds is 9. The molecule has 0 spiro atoms. The van der Waals surface area contributed by atoms with E-state index in [0.717, 1.165) is 39.3 Å². The molecular formula is C120H70N4. The Bertz CT molecular complexity index is 9240. The van der Waals surface area contributed by atoms with E-state index in [2.05, 4.69) is 443 Å². The lowest BCUT2D eigenvalue weighted by Gasteiger charge is -2.16. The van der Waals surface area contributed by atoms with E-state index < -0.39 is 0 Å². The second-order valence-electron chi connectivity index (χ2n) is 34.0. The first-order chi connectivity index (χ1) is 61.5. The second kappa shape index (κ2) is 25.6. The summed E-state index contributed by atoms with van der Waals surface area (Å²) < 4.78 is 10.0. The first-order valence-corrected chi connectivity index (χ1v) is 43.1. The Morgan fingerprint density at radius 1 is 0.129 bits per heavy atom. The minimum absolute atomic E-state index is 1.14. The lowest BCUT2D eigenvalue weighted by atomic mass is 9.92. The minimum Gasteiger partial charge on any atom is -0.309 e. The molecule has 4 heteroatoms. The molecule has 0 bridgehead atoms. The predicted molar refractivity (Wildman–Crippen MR) is 525 cm³/mol. The third-order valence-electron chi connectivity index (χ3n) is 27.8. The fraction of sp³-hybridized carbons (Fsp3) is 0. The molecule has 22 aromatic carbocycles. The van der Waals surface area contributed by atoms with Crippen LogP contribution in [0.15, 0.2) is 425 Å². The van der Waals surface area contributed by atoms with Crippen LogP contribution in [0.2, 0.25) is 0 Å². The highest BCUT2D eigenvalue weighted by Crippen LogP contribution is 2.55. The Hall–Kier alpha value is -16.4. The highest BCUT2D eigenvalue weighted by atomic mass is 15.0. The van der Waals surface area contributed by atoms with Gasteiger partial charge in [-0.25, -0.2) is 0 Å². The van der Waals surface area contributed by atoms with Crippen LogP contribution in [-0.4, -0.2) is 18.3 Å². The SMILES string of the molecule is c1ccc(-n2c3ccccc3c3cc(-c4ccc5c6ccc7ccccc7c6n(-c6cccc7c(-c8ccc9c(c8)-c8cccc%10cc(-c%11cccc%12c%11c%11ccc(-c%13ccc%14c(c%13)c%13ccc%15ccccc%15c%13n%14-c%13ccccc%13)cc%11n%12-c%11cccc%12c(-c%13ccc%14c(c%13)-c%13cccc%15cccc-%14c%13%15)cccc%11%12)cc-9c8%10)cccc67)c5c4)ccc32)cc1. The van der Waals surface area contributed by atoms with Crippen molar-refractivity contribution in [2.24, 2.45) is 0 Å². The van der Waals surface area contributed by atoms with Crippen LogP contribution >= 0.6 is 0 Å². The van der Waals surface area contributed by atoms with Gasteiger partial charge < -0.3 is 18.3 Å². The zero-order valence-corrected chi connectivity index (χ0v) is 67.2. The van der Waals surface area contributed by atoms with E-state index in [1.165, 1.54) is 235 Å². The number of para-hydroxylation sites is 3. The summed E-state index contributed by atoms with van der Waals surface area (Å²) in [6.07, 6.45) is 0. The predicted octanol–water partition coefficient (Wildman–Crippen LogP) is 32.6. The van der Waals surface area contributed by atoms with Gasteiger partial charge in [-0.2, -0.15) is 0 Å². The van der Waals surface area contributed by atoms with Gasteiger partial charge in [0, 0.05) is 76.0 Å². The molecule has 28 rings (SSSR count). The highest BCUT2D eigenvalue weighted by Gasteiger charge is 2.29. The maximum absolute atomic E-state index is 2.58. The van der Waals surface area contributed by atoms with Gasteiger partial charge in [0.15, 0.2) is 0 Å². The lowest BCUT2D eigenvalue weighted by Crippen LogP contribution is -1.97. The maximum Gasteiger partial charge on any atom is 0.0619 e. The average molecular weight is 1570 g/mol. The van der Waals surface area contributed by atoms with Crippen molar-refractivity contribution in [1.82, 2.24) is 18.3 Å². The number of hydrogen-bond acceptors (Lipinski definition) is 0. The van der Waals surface area contributed by atoms with Crippen molar-refractivity contribution in [2.75, 3.05) is 0 Å². The highest BCUT2D eigenvalue weighted by molar-refractivity contribution is 6.26. The van der Waals surface area contributed by atoms with E-state index >= 15 is 0 Å². The summed E-state index contributed by atoms with van der Waals surface area (Å²) in [5, 5.41) is 24.7. The molecule has 0 atom stereocenters. The standard InChI is InChI=1S/C120H70N4/c1-3-26-82(27-4-1)121-108-43-12-11-32-95(108)105-64-74(53-61-111(105)121)76-49-57-96-100-58-47-72-22-8-10-31-88(72)120(100)124(114(96)69-76)110-45-20-37-90-85(34-17-39-94(90)110)79-52-56-92-104(67-79)99-42-15-25-80-63-81(68-107(92)117(80)99)86-35-18-46-113-118(86)102-60-50-77(75-54-62-112-106(65-75)101-59-48-71-21-7-9-30-87(71)119(101)122(112)83-28-5-2-6-29-83)70-115(102)123(113)109-44-19-36-89-84(33-16-38-93(89)109)78-51-55-91-97-40-13-23-73-24-14-41-98(116(73)97)103(91)66-78/h1-70H. The minimum atomic E-state index is 1.14. The van der Waals surface area contributed by atoms with Gasteiger partial charge in [0.1, 0.15) is 0 Å². The van der Waals surface area contributed by atoms with Gasteiger partial charge >= 0.3 is 0 Å². The Kier molecular flexibility index (Phi) is 13.9. The van der Waals surface area contributed by atoms with Crippen LogP contribution in [0.25, 0.3) is 275 Å². The van der Waals surface area contributed by atoms with Crippen LogP contribution in [0.4, 0.5) is 0 Å². The van der Waals surface area contributed by atoms with Gasteiger partial charge in [-0.1, -0.05) is 315 Å². The van der Waals surface area contributed by atoms with Gasteiger partial charge in [-0.3, -0.25) is 0 Å². The van der Waals surface area contributed by atoms with E-state index in [-0.39, 0.29) is 0 Å². The van der Waals surface area contributed by atoms with Crippen LogP contribution in [0, 0.1) is 0 Å². The van der Waals surface area contributed by atoms with Crippen molar-refractivity contribution in [3.05, 3.63) is 425 Å². The van der Waals surface area contributed by atoms with Crippen LogP contribution in [0.5, 0.6) is 0 Å². The fourth-order valence-corrected chi connectivity index (χ4v) is 22.4. The van der Waals surface area contributed by atoms with Gasteiger partial charge in [-0.15, -0.1) is 0 Å². The summed E-state index contributed by atoms with van der Waals surface area (Å²) in [5.74, 6) is 0. The third kappa shape index (κ3) is 9.51. The molecule has 0 saturated carbocycles. The van der Waals surface area contributed by atoms with Gasteiger partial charge in [0.25, 0.3) is 0 Å². The van der Waals surface area contributed by atoms with Crippen molar-refractivity contribution in [1.29, 1.82) is 0 Å². The second-order valence-corrected chi connectivity index (χ2v) is 34.0. The van der Waals surface area contributed by atoms with Crippen molar-refractivity contribution in [3.8, 4) is 123 Å². The summed E-state index contributed by atoms with van der Waals surface area (Å²) in [5.41, 5.74) is 36.2. The smallest absolute Gasteiger partial charge is 0.0619 e. The third-order valence-corrected chi connectivity index (χ3v) is 27.8. The summed E-state index contributed by atoms with van der Waals surface area (Å²) >= 11 is 0. The summed E-state index contributed by atoms with van der Waals surface area (Å²) in [6.45, 7) is 0. The summed E-state index contributed by atoms with van der Waals surface area (Å²) in [7, 11) is 0. The maximum atomic E-state index is 2.58. The van der Waals surface area contributed by atoms with E-state index in [4.69, 9.17) is 0 Å². The quantitative estimate of drug-likeness (QED) is 0.137. The first-order valence-electron chi connectivity index (χ1n) is 43.1. The fourth-order valence-electron chi connectivity index (χ4n) is 22.4. The number of nitrogens with zero attached hydrogens (tertiary/aromatic N) is 4. The zero-order valence-electron chi connectivity index (χ0n) is 67.2. The Morgan fingerprint density at radius 2 is 0.524 bits per heavy atom. The van der Waals surface area contributed by atoms with Gasteiger partial charge in [-0.05, 0) is 252 Å². The largest absolute Gasteiger partial charge is 0.309 e. The van der Waals surface area contributed by atoms with Crippen molar-refractivity contribution < 1.29 is 0 Å². The Morgan fingerprint density at radius 3 is 1.18 bits per heavy atom. The van der Waals surface area contributed by atoms with Crippen molar-refractivity contribution in [2.45, 2.75) is 0 Å². The van der Waals surface area contributed by atoms with E-state index in [1.54, 1.807) is 0 Å². The van der Waals surface area contributed by atoms with Crippen molar-refractivity contribution >= 4 is 152 Å². The van der Waals surface area contributed by atoms with Gasteiger partial charge in [0.05, 0.1) is 55.5 Å². The molecular weight excluding hydrogens is 1500 g/mol. The first kappa shape index (κ1) is 67.5. The molecule has 4 aromatic heterocycles. The molecule has 26 aromatic rings. The number of aromatic nitrogens is 4. The molecule has 2 aliphatic rings. The molecule has 4 nitrogen and oxygen atoms in total. The molecule has 0 fully saturated rings. The molecule has 0 amide bonds. The topological polar surface area (TPSA) is 19.7 Å². The summed E-state index contributed by atoms with van der Waals surface area (Å²) in [6, 6.07) is 160. The Balaban J connectivity index is 0.595. The molecule has 570 valence electrons. The van der Waals surface area contributed by atoms with Crippen molar-refractivity contribution in [3.63, 3.8) is 0 Å². The molecule has 4 heterocycles. The average Bonchev–Trinajstić information content (AvgIpc) is 1.56. The number of fused-ring (bicyclic) bond motifs is 24. The van der Waals surface area contributed by atoms with Gasteiger partial charge in [0.2, 0.25) is 0 Å². The van der Waals surface area contributed by atoms with E-state index in [1.807, 2.05) is 0 Å². The number of hydrogen-bond donors (Lipinski definition) is 0. The molecule has 124 heavy (non-hydrogen) atoms. The molecule has 0 N–H and O–H groups in total. The lowest BCUT2D eigenvalue weighted by molar-refractivity contribution is 1.18. The monoisotopic (exact) mass is 1570 g/mol. The van der Waals surface area contributed by atoms with Crippen LogP contribution in [-0.2, 0) is 0 Å². The van der Waals surface area contributed by atoms with Crippen LogP contribution in [0.3, 0.4) is 0 Å². The van der Waals surface area contributed by atoms with E-state index in [0.29, 0.717) is 0 Å². The molecule has 2 aliphatic carbocycles. The molecule has 0 radical (unpaired) electrons. The van der Waals surface area contributed by atoms with E-state index in [9.17, 15) is 0 Å². The van der Waals surface area contributed by atoms with Crippen LogP contribution < -0.4 is 0 Å². The summed E-state index contributed by atoms with van der Waals surface area (Å²) in [4.78, 5) is 0. The Labute approximate surface area is 712 Å².